The number of benzene rings is 2. The first-order valence-electron chi connectivity index (χ1n) is 13.6. The zero-order chi connectivity index (χ0) is 25.0. The predicted octanol–water partition coefficient (Wildman–Crippen LogP) is 7.13. The van der Waals surface area contributed by atoms with Gasteiger partial charge in [-0.1, -0.05) is 56.2 Å². The molecule has 0 bridgehead atoms. The van der Waals surface area contributed by atoms with Crippen molar-refractivity contribution < 1.29 is 13.9 Å². The number of anilines is 2. The van der Waals surface area contributed by atoms with Gasteiger partial charge in [0.15, 0.2) is 0 Å². The summed E-state index contributed by atoms with van der Waals surface area (Å²) in [4.78, 5) is 14.1. The number of halogens is 2. The van der Waals surface area contributed by atoms with E-state index in [1.807, 2.05) is 18.2 Å². The van der Waals surface area contributed by atoms with Gasteiger partial charge < -0.3 is 20.7 Å². The van der Waals surface area contributed by atoms with Crippen LogP contribution in [-0.2, 0) is 4.79 Å². The number of rotatable bonds is 8. The summed E-state index contributed by atoms with van der Waals surface area (Å²) in [5.74, 6) is 0.436. The van der Waals surface area contributed by atoms with Crippen LogP contribution in [0, 0.1) is 17.7 Å². The number of fused-ring (bicyclic) bond motifs is 1. The van der Waals surface area contributed by atoms with Crippen LogP contribution in [0.1, 0.15) is 70.6 Å². The van der Waals surface area contributed by atoms with Crippen molar-refractivity contribution >= 4 is 28.9 Å². The summed E-state index contributed by atoms with van der Waals surface area (Å²) in [7, 11) is 0. The van der Waals surface area contributed by atoms with Gasteiger partial charge in [-0.3, -0.25) is 4.79 Å². The molecule has 3 N–H and O–H groups in total. The predicted molar refractivity (Wildman–Crippen MR) is 143 cm³/mol. The highest BCUT2D eigenvalue weighted by Gasteiger charge is 2.50. The molecule has 2 fully saturated rings. The van der Waals surface area contributed by atoms with Gasteiger partial charge in [-0.25, -0.2) is 4.39 Å². The van der Waals surface area contributed by atoms with E-state index in [2.05, 4.69) is 16.0 Å². The third kappa shape index (κ3) is 5.74. The maximum atomic E-state index is 14.2. The largest absolute Gasteiger partial charge is 0.493 e. The van der Waals surface area contributed by atoms with Crippen LogP contribution in [0.15, 0.2) is 42.5 Å². The molecular formula is C29H37ClFN3O2. The Kier molecular flexibility index (Phi) is 7.90. The highest BCUT2D eigenvalue weighted by Crippen LogP contribution is 2.45. The average molecular weight is 514 g/mol. The molecule has 36 heavy (non-hydrogen) atoms. The van der Waals surface area contributed by atoms with Gasteiger partial charge in [-0.2, -0.15) is 0 Å². The van der Waals surface area contributed by atoms with Gasteiger partial charge in [0.2, 0.25) is 5.91 Å². The molecular weight excluding hydrogens is 477 g/mol. The molecule has 0 spiro atoms. The van der Waals surface area contributed by atoms with Gasteiger partial charge in [0.25, 0.3) is 0 Å². The fourth-order valence-electron chi connectivity index (χ4n) is 6.41. The number of carbonyl (C=O) groups is 1. The van der Waals surface area contributed by atoms with Crippen molar-refractivity contribution in [3.63, 3.8) is 0 Å². The van der Waals surface area contributed by atoms with Gasteiger partial charge in [0, 0.05) is 17.5 Å². The van der Waals surface area contributed by atoms with Gasteiger partial charge in [0.05, 0.1) is 23.9 Å². The highest BCUT2D eigenvalue weighted by molar-refractivity contribution is 6.30. The van der Waals surface area contributed by atoms with Gasteiger partial charge >= 0.3 is 0 Å². The van der Waals surface area contributed by atoms with Crippen molar-refractivity contribution in [2.45, 2.75) is 82.3 Å². The molecule has 0 aromatic heterocycles. The molecule has 1 aliphatic heterocycles. The highest BCUT2D eigenvalue weighted by atomic mass is 35.5. The van der Waals surface area contributed by atoms with Crippen LogP contribution < -0.4 is 20.7 Å². The molecule has 2 aromatic carbocycles. The molecule has 1 heterocycles. The number of carbonyl (C=O) groups excluding carboxylic acids is 1. The minimum atomic E-state index is -0.768. The van der Waals surface area contributed by atoms with E-state index in [0.29, 0.717) is 29.5 Å². The molecule has 7 heteroatoms. The van der Waals surface area contributed by atoms with E-state index in [9.17, 15) is 9.18 Å². The monoisotopic (exact) mass is 513 g/mol. The minimum absolute atomic E-state index is 0.102. The van der Waals surface area contributed by atoms with Crippen molar-refractivity contribution in [2.24, 2.45) is 11.8 Å². The second kappa shape index (κ2) is 11.3. The summed E-state index contributed by atoms with van der Waals surface area (Å²) in [5, 5.41) is 11.3. The maximum Gasteiger partial charge on any atom is 0.227 e. The lowest BCUT2D eigenvalue weighted by Crippen LogP contribution is -2.59. The van der Waals surface area contributed by atoms with E-state index in [4.69, 9.17) is 16.3 Å². The summed E-state index contributed by atoms with van der Waals surface area (Å²) in [6, 6.07) is 12.3. The summed E-state index contributed by atoms with van der Waals surface area (Å²) >= 11 is 6.15. The van der Waals surface area contributed by atoms with E-state index in [1.165, 1.54) is 37.8 Å². The SMILES string of the molecule is O=C(NC1CCCCC1)C(C1CCCCC1)C1(CCOc2cccc(Cl)c2)Nc2ccc(F)cc2N1. The summed E-state index contributed by atoms with van der Waals surface area (Å²) in [6.07, 6.45) is 11.7. The Balaban J connectivity index is 1.43. The number of hydrogen-bond acceptors (Lipinski definition) is 4. The number of ether oxygens (including phenoxy) is 1. The summed E-state index contributed by atoms with van der Waals surface area (Å²) in [5.41, 5.74) is 0.754. The van der Waals surface area contributed by atoms with E-state index in [-0.39, 0.29) is 29.6 Å². The van der Waals surface area contributed by atoms with Crippen LogP contribution in [0.5, 0.6) is 5.75 Å². The zero-order valence-corrected chi connectivity index (χ0v) is 21.6. The minimum Gasteiger partial charge on any atom is -0.493 e. The standard InChI is InChI=1S/C29H37ClFN3O2/c30-21-10-7-13-24(18-21)36-17-16-29(33-25-15-14-22(31)19-26(25)34-29)27(20-8-3-1-4-9-20)28(35)32-23-11-5-2-6-12-23/h7,10,13-15,18-20,23,27,33-34H,1-6,8-9,11-12,16-17H2,(H,32,35). The smallest absolute Gasteiger partial charge is 0.227 e. The Morgan fingerprint density at radius 3 is 2.47 bits per heavy atom. The quantitative estimate of drug-likeness (QED) is 0.351. The number of hydrogen-bond donors (Lipinski definition) is 3. The Hall–Kier alpha value is -2.47. The molecule has 2 saturated carbocycles. The van der Waals surface area contributed by atoms with Gasteiger partial charge in [-0.05, 0) is 68.0 Å². The van der Waals surface area contributed by atoms with Crippen molar-refractivity contribution in [3.05, 3.63) is 53.3 Å². The fraction of sp³-hybridized carbons (Fsp3) is 0.552. The Bertz CT molecular complexity index is 1050. The maximum absolute atomic E-state index is 14.2. The molecule has 2 unspecified atom stereocenters. The Labute approximate surface area is 218 Å². The fourth-order valence-corrected chi connectivity index (χ4v) is 6.59. The van der Waals surface area contributed by atoms with E-state index < -0.39 is 5.66 Å². The molecule has 0 radical (unpaired) electrons. The number of amides is 1. The molecule has 0 saturated heterocycles. The van der Waals surface area contributed by atoms with Crippen molar-refractivity contribution in [1.29, 1.82) is 0 Å². The van der Waals surface area contributed by atoms with Crippen LogP contribution in [0.25, 0.3) is 0 Å². The molecule has 2 atom stereocenters. The van der Waals surface area contributed by atoms with E-state index in [0.717, 1.165) is 44.2 Å². The third-order valence-electron chi connectivity index (χ3n) is 8.14. The van der Waals surface area contributed by atoms with Crippen LogP contribution in [0.2, 0.25) is 5.02 Å². The van der Waals surface area contributed by atoms with E-state index >= 15 is 0 Å². The zero-order valence-electron chi connectivity index (χ0n) is 20.8. The van der Waals surface area contributed by atoms with Gasteiger partial charge in [0.1, 0.15) is 17.2 Å². The topological polar surface area (TPSA) is 62.4 Å². The molecule has 2 aliphatic carbocycles. The first-order valence-corrected chi connectivity index (χ1v) is 13.9. The van der Waals surface area contributed by atoms with Crippen LogP contribution in [0.3, 0.4) is 0 Å². The second-order valence-corrected chi connectivity index (χ2v) is 11.1. The molecule has 2 aromatic rings. The molecule has 5 rings (SSSR count). The molecule has 1 amide bonds. The van der Waals surface area contributed by atoms with Crippen molar-refractivity contribution in [2.75, 3.05) is 17.2 Å². The lowest BCUT2D eigenvalue weighted by Gasteiger charge is -2.43. The second-order valence-electron chi connectivity index (χ2n) is 10.7. The average Bonchev–Trinajstić information content (AvgIpc) is 3.23. The van der Waals surface area contributed by atoms with Crippen LogP contribution >= 0.6 is 11.6 Å². The third-order valence-corrected chi connectivity index (χ3v) is 8.38. The Morgan fingerprint density at radius 2 is 1.72 bits per heavy atom. The first-order chi connectivity index (χ1) is 17.5. The van der Waals surface area contributed by atoms with Crippen molar-refractivity contribution in [3.8, 4) is 5.75 Å². The molecule has 3 aliphatic rings. The van der Waals surface area contributed by atoms with Gasteiger partial charge in [-0.15, -0.1) is 0 Å². The van der Waals surface area contributed by atoms with E-state index in [1.54, 1.807) is 12.1 Å². The van der Waals surface area contributed by atoms with Crippen LogP contribution in [-0.4, -0.2) is 24.2 Å². The summed E-state index contributed by atoms with van der Waals surface area (Å²) < 4.78 is 20.3. The molecule has 194 valence electrons. The lowest BCUT2D eigenvalue weighted by molar-refractivity contribution is -0.130. The first kappa shape index (κ1) is 25.2. The normalized spacial score (nSPS) is 23.3. The number of nitrogens with one attached hydrogen (secondary N) is 3. The van der Waals surface area contributed by atoms with Crippen LogP contribution in [0.4, 0.5) is 15.8 Å². The lowest BCUT2D eigenvalue weighted by atomic mass is 9.72. The molecule has 5 nitrogen and oxygen atoms in total. The Morgan fingerprint density at radius 1 is 1.00 bits per heavy atom. The summed E-state index contributed by atoms with van der Waals surface area (Å²) in [6.45, 7) is 0.386. The van der Waals surface area contributed by atoms with Crippen molar-refractivity contribution in [1.82, 2.24) is 5.32 Å².